The lowest BCUT2D eigenvalue weighted by atomic mass is 9.98. The molecule has 3 rings (SSSR count). The van der Waals surface area contributed by atoms with Gasteiger partial charge in [-0.25, -0.2) is 9.59 Å². The standard InChI is InChI=1S/C29H35NO10/c31-26(28(33)34)10-11-27(32)39-19-18-38-17-16-37-15-14-36-13-5-12-30-29(35)40-20-25-23-8-3-1-6-21(23)22-7-2-4-9-24(22)25/h1-4,6-9,25H,5,10-20H2,(H,30,35)(H,33,34). The number of carbonyl (C=O) groups excluding carboxylic acids is 3. The normalized spacial score (nSPS) is 11.9. The monoisotopic (exact) mass is 557 g/mol. The van der Waals surface area contributed by atoms with Crippen LogP contribution in [0.5, 0.6) is 0 Å². The lowest BCUT2D eigenvalue weighted by Gasteiger charge is -2.14. The number of Topliss-reactive ketones (excluding diaryl/α,β-unsaturated/α-hetero) is 1. The third-order valence-corrected chi connectivity index (χ3v) is 6.11. The van der Waals surface area contributed by atoms with Crippen LogP contribution >= 0.6 is 0 Å². The highest BCUT2D eigenvalue weighted by Crippen LogP contribution is 2.44. The van der Waals surface area contributed by atoms with E-state index in [1.54, 1.807) is 0 Å². The summed E-state index contributed by atoms with van der Waals surface area (Å²) in [5, 5.41) is 11.2. The highest BCUT2D eigenvalue weighted by Gasteiger charge is 2.28. The fourth-order valence-corrected chi connectivity index (χ4v) is 4.17. The highest BCUT2D eigenvalue weighted by molar-refractivity contribution is 6.32. The van der Waals surface area contributed by atoms with E-state index >= 15 is 0 Å². The van der Waals surface area contributed by atoms with Crippen LogP contribution in [0.25, 0.3) is 11.1 Å². The molecule has 0 fully saturated rings. The van der Waals surface area contributed by atoms with Crippen LogP contribution < -0.4 is 5.32 Å². The zero-order valence-corrected chi connectivity index (χ0v) is 22.3. The van der Waals surface area contributed by atoms with Gasteiger partial charge in [0.05, 0.1) is 39.5 Å². The van der Waals surface area contributed by atoms with Gasteiger partial charge in [-0.3, -0.25) is 9.59 Å². The average molecular weight is 558 g/mol. The Balaban J connectivity index is 1.12. The average Bonchev–Trinajstić information content (AvgIpc) is 3.28. The largest absolute Gasteiger partial charge is 0.476 e. The van der Waals surface area contributed by atoms with E-state index in [0.29, 0.717) is 46.0 Å². The predicted octanol–water partition coefficient (Wildman–Crippen LogP) is 2.94. The number of nitrogens with one attached hydrogen (secondary N) is 1. The SMILES string of the molecule is O=C(CCC(=O)C(=O)O)OCCOCCOCCOCCCNC(=O)OCC1c2ccccc2-c2ccccc21. The number of amides is 1. The molecule has 0 saturated carbocycles. The smallest absolute Gasteiger partial charge is 0.407 e. The van der Waals surface area contributed by atoms with Crippen LogP contribution in [0.3, 0.4) is 0 Å². The predicted molar refractivity (Wildman–Crippen MR) is 143 cm³/mol. The van der Waals surface area contributed by atoms with Gasteiger partial charge in [0.15, 0.2) is 0 Å². The maximum Gasteiger partial charge on any atom is 0.407 e. The first-order chi connectivity index (χ1) is 19.5. The van der Waals surface area contributed by atoms with E-state index in [9.17, 15) is 19.2 Å². The second kappa shape index (κ2) is 17.0. The molecule has 0 unspecified atom stereocenters. The summed E-state index contributed by atoms with van der Waals surface area (Å²) in [6.07, 6.45) is -0.482. The zero-order chi connectivity index (χ0) is 28.6. The number of hydrogen-bond acceptors (Lipinski definition) is 9. The number of ether oxygens (including phenoxy) is 5. The van der Waals surface area contributed by atoms with Crippen LogP contribution in [-0.4, -0.2) is 88.3 Å². The summed E-state index contributed by atoms with van der Waals surface area (Å²) in [6, 6.07) is 16.4. The van der Waals surface area contributed by atoms with Gasteiger partial charge in [-0.2, -0.15) is 0 Å². The van der Waals surface area contributed by atoms with E-state index in [-0.39, 0.29) is 38.6 Å². The summed E-state index contributed by atoms with van der Waals surface area (Å²) in [6.45, 7) is 2.78. The molecule has 2 aromatic carbocycles. The highest BCUT2D eigenvalue weighted by atomic mass is 16.6. The molecule has 1 amide bonds. The van der Waals surface area contributed by atoms with E-state index in [0.717, 1.165) is 0 Å². The molecule has 0 heterocycles. The van der Waals surface area contributed by atoms with Crippen LogP contribution in [-0.2, 0) is 38.1 Å². The third-order valence-electron chi connectivity index (χ3n) is 6.11. The van der Waals surface area contributed by atoms with Gasteiger partial charge in [0.2, 0.25) is 5.78 Å². The van der Waals surface area contributed by atoms with Crippen molar-refractivity contribution in [2.75, 3.05) is 59.4 Å². The maximum atomic E-state index is 12.2. The number of aliphatic carboxylic acids is 1. The van der Waals surface area contributed by atoms with Gasteiger partial charge < -0.3 is 34.1 Å². The van der Waals surface area contributed by atoms with Crippen LogP contribution in [0.2, 0.25) is 0 Å². The van der Waals surface area contributed by atoms with Crippen LogP contribution in [0.1, 0.15) is 36.3 Å². The van der Waals surface area contributed by atoms with E-state index < -0.39 is 23.8 Å². The van der Waals surface area contributed by atoms with E-state index in [1.165, 1.54) is 22.3 Å². The summed E-state index contributed by atoms with van der Waals surface area (Å²) < 4.78 is 26.5. The quantitative estimate of drug-likeness (QED) is 0.150. The summed E-state index contributed by atoms with van der Waals surface area (Å²) in [7, 11) is 0. The number of carbonyl (C=O) groups is 4. The van der Waals surface area contributed by atoms with Gasteiger partial charge in [0.1, 0.15) is 13.2 Å². The van der Waals surface area contributed by atoms with Gasteiger partial charge in [0.25, 0.3) is 0 Å². The number of hydrogen-bond donors (Lipinski definition) is 2. The molecule has 11 heteroatoms. The van der Waals surface area contributed by atoms with E-state index in [4.69, 9.17) is 28.8 Å². The zero-order valence-electron chi connectivity index (χ0n) is 22.3. The van der Waals surface area contributed by atoms with Crippen molar-refractivity contribution in [2.45, 2.75) is 25.2 Å². The fourth-order valence-electron chi connectivity index (χ4n) is 4.17. The number of carboxylic acids is 1. The maximum absolute atomic E-state index is 12.2. The second-order valence-corrected chi connectivity index (χ2v) is 8.89. The van der Waals surface area contributed by atoms with E-state index in [2.05, 4.69) is 29.6 Å². The molecule has 0 spiro atoms. The van der Waals surface area contributed by atoms with Gasteiger partial charge in [-0.15, -0.1) is 0 Å². The molecule has 216 valence electrons. The van der Waals surface area contributed by atoms with Crippen LogP contribution in [0, 0.1) is 0 Å². The molecule has 1 aliphatic carbocycles. The van der Waals surface area contributed by atoms with E-state index in [1.807, 2.05) is 24.3 Å². The van der Waals surface area contributed by atoms with Crippen molar-refractivity contribution in [3.8, 4) is 11.1 Å². The Hall–Kier alpha value is -3.80. The van der Waals surface area contributed by atoms with Gasteiger partial charge >= 0.3 is 18.0 Å². The third kappa shape index (κ3) is 10.1. The Morgan fingerprint density at radius 3 is 1.85 bits per heavy atom. The lowest BCUT2D eigenvalue weighted by molar-refractivity contribution is -0.151. The summed E-state index contributed by atoms with van der Waals surface area (Å²) in [5.74, 6) is -3.22. The molecule has 0 atom stereocenters. The number of rotatable bonds is 19. The minimum atomic E-state index is -1.57. The topological polar surface area (TPSA) is 147 Å². The first kappa shape index (κ1) is 30.7. The summed E-state index contributed by atoms with van der Waals surface area (Å²) in [4.78, 5) is 44.8. The van der Waals surface area contributed by atoms with Crippen molar-refractivity contribution in [1.29, 1.82) is 0 Å². The van der Waals surface area contributed by atoms with Crippen molar-refractivity contribution in [3.05, 3.63) is 59.7 Å². The van der Waals surface area contributed by atoms with Crippen molar-refractivity contribution < 1.29 is 48.0 Å². The minimum absolute atomic E-state index is 0.00722. The van der Waals surface area contributed by atoms with Crippen molar-refractivity contribution in [1.82, 2.24) is 5.32 Å². The molecule has 0 radical (unpaired) electrons. The molecule has 0 aliphatic heterocycles. The van der Waals surface area contributed by atoms with Crippen LogP contribution in [0.4, 0.5) is 4.79 Å². The van der Waals surface area contributed by atoms with Crippen molar-refractivity contribution >= 4 is 23.8 Å². The first-order valence-electron chi connectivity index (χ1n) is 13.2. The van der Waals surface area contributed by atoms with Crippen LogP contribution in [0.15, 0.2) is 48.5 Å². The minimum Gasteiger partial charge on any atom is -0.476 e. The Kier molecular flexibility index (Phi) is 13.1. The molecule has 40 heavy (non-hydrogen) atoms. The van der Waals surface area contributed by atoms with Crippen molar-refractivity contribution in [3.63, 3.8) is 0 Å². The van der Waals surface area contributed by atoms with Gasteiger partial charge in [0, 0.05) is 25.5 Å². The summed E-state index contributed by atoms with van der Waals surface area (Å²) in [5.41, 5.74) is 4.72. The molecular formula is C29H35NO10. The van der Waals surface area contributed by atoms with Gasteiger partial charge in [-0.1, -0.05) is 48.5 Å². The molecule has 2 N–H and O–H groups in total. The fraction of sp³-hybridized carbons (Fsp3) is 0.448. The summed E-state index contributed by atoms with van der Waals surface area (Å²) >= 11 is 0. The Bertz CT molecular complexity index is 1090. The number of benzene rings is 2. The second-order valence-electron chi connectivity index (χ2n) is 8.89. The Morgan fingerprint density at radius 2 is 1.25 bits per heavy atom. The molecule has 11 nitrogen and oxygen atoms in total. The lowest BCUT2D eigenvalue weighted by Crippen LogP contribution is -2.27. The van der Waals surface area contributed by atoms with Gasteiger partial charge in [-0.05, 0) is 28.7 Å². The molecule has 0 bridgehead atoms. The molecule has 0 saturated heterocycles. The molecule has 1 aliphatic rings. The Labute approximate surface area is 232 Å². The number of fused-ring (bicyclic) bond motifs is 3. The molecule has 2 aromatic rings. The molecular weight excluding hydrogens is 522 g/mol. The molecule has 0 aromatic heterocycles. The number of esters is 1. The Morgan fingerprint density at radius 1 is 0.700 bits per heavy atom. The number of carboxylic acid groups (broad SMARTS) is 1. The number of alkyl carbamates (subject to hydrolysis) is 1. The number of ketones is 1. The van der Waals surface area contributed by atoms with Crippen molar-refractivity contribution in [2.24, 2.45) is 0 Å². The first-order valence-corrected chi connectivity index (χ1v) is 13.2.